The maximum atomic E-state index is 12.3. The zero-order valence-corrected chi connectivity index (χ0v) is 14.8. The van der Waals surface area contributed by atoms with Crippen LogP contribution in [0.5, 0.6) is 0 Å². The molecule has 0 bridgehead atoms. The highest BCUT2D eigenvalue weighted by atomic mass is 32.2. The molecule has 128 valence electrons. The van der Waals surface area contributed by atoms with Gasteiger partial charge in [0.2, 0.25) is 5.91 Å². The highest BCUT2D eigenvalue weighted by molar-refractivity contribution is 7.91. The van der Waals surface area contributed by atoms with Crippen molar-refractivity contribution >= 4 is 32.2 Å². The van der Waals surface area contributed by atoms with Crippen molar-refractivity contribution in [1.82, 2.24) is 15.2 Å². The molecule has 0 aromatic carbocycles. The van der Waals surface area contributed by atoms with Crippen molar-refractivity contribution in [2.75, 3.05) is 42.6 Å². The molecule has 0 saturated carbocycles. The van der Waals surface area contributed by atoms with E-state index in [-0.39, 0.29) is 29.5 Å². The van der Waals surface area contributed by atoms with Gasteiger partial charge in [-0.25, -0.2) is 13.4 Å². The van der Waals surface area contributed by atoms with Crippen LogP contribution in [0.4, 0.5) is 5.13 Å². The van der Waals surface area contributed by atoms with Crippen LogP contribution in [0.3, 0.4) is 0 Å². The second kappa shape index (κ2) is 6.74. The van der Waals surface area contributed by atoms with E-state index in [9.17, 15) is 13.2 Å². The van der Waals surface area contributed by atoms with Gasteiger partial charge in [-0.15, -0.1) is 11.3 Å². The first-order chi connectivity index (χ1) is 10.9. The smallest absolute Gasteiger partial charge is 0.237 e. The predicted octanol–water partition coefficient (Wildman–Crippen LogP) is -0.0431. The van der Waals surface area contributed by atoms with E-state index in [2.05, 4.69) is 20.1 Å². The fraction of sp³-hybridized carbons (Fsp3) is 0.714. The van der Waals surface area contributed by atoms with Crippen molar-refractivity contribution in [2.45, 2.75) is 25.4 Å². The molecule has 1 N–H and O–H groups in total. The number of carbonyl (C=O) groups excluding carboxylic acids is 1. The van der Waals surface area contributed by atoms with Crippen molar-refractivity contribution in [3.63, 3.8) is 0 Å². The van der Waals surface area contributed by atoms with Gasteiger partial charge in [-0.05, 0) is 13.3 Å². The van der Waals surface area contributed by atoms with Crippen LogP contribution in [0.25, 0.3) is 0 Å². The van der Waals surface area contributed by atoms with Crippen molar-refractivity contribution in [3.8, 4) is 0 Å². The summed E-state index contributed by atoms with van der Waals surface area (Å²) < 4.78 is 22.9. The molecule has 1 aromatic heterocycles. The third-order valence-electron chi connectivity index (χ3n) is 4.51. The lowest BCUT2D eigenvalue weighted by molar-refractivity contribution is -0.126. The average molecular weight is 358 g/mol. The molecule has 2 fully saturated rings. The Bertz CT molecular complexity index is 639. The third-order valence-corrected chi connectivity index (χ3v) is 7.11. The third kappa shape index (κ3) is 4.02. The monoisotopic (exact) mass is 358 g/mol. The first-order valence-corrected chi connectivity index (χ1v) is 10.5. The molecule has 2 saturated heterocycles. The predicted molar refractivity (Wildman–Crippen MR) is 90.6 cm³/mol. The molecule has 1 aromatic rings. The molecular formula is C14H22N4O3S2. The molecule has 2 aliphatic heterocycles. The highest BCUT2D eigenvalue weighted by Gasteiger charge is 2.32. The van der Waals surface area contributed by atoms with E-state index in [1.165, 1.54) is 0 Å². The first kappa shape index (κ1) is 16.7. The first-order valence-electron chi connectivity index (χ1n) is 7.84. The van der Waals surface area contributed by atoms with E-state index in [0.717, 1.165) is 31.3 Å². The minimum absolute atomic E-state index is 0.0727. The molecule has 9 heteroatoms. The van der Waals surface area contributed by atoms with E-state index in [0.29, 0.717) is 6.42 Å². The van der Waals surface area contributed by atoms with Crippen LogP contribution in [0, 0.1) is 0 Å². The summed E-state index contributed by atoms with van der Waals surface area (Å²) in [5.41, 5.74) is 0. The van der Waals surface area contributed by atoms with Crippen LogP contribution < -0.4 is 10.2 Å². The number of hydrogen-bond acceptors (Lipinski definition) is 7. The number of hydrogen-bond donors (Lipinski definition) is 1. The number of rotatable bonds is 4. The molecular weight excluding hydrogens is 336 g/mol. The van der Waals surface area contributed by atoms with Crippen molar-refractivity contribution < 1.29 is 13.2 Å². The van der Waals surface area contributed by atoms with Gasteiger partial charge in [0, 0.05) is 43.8 Å². The summed E-state index contributed by atoms with van der Waals surface area (Å²) in [7, 11) is -2.96. The average Bonchev–Trinajstić information content (AvgIpc) is 3.16. The fourth-order valence-corrected chi connectivity index (χ4v) is 5.44. The van der Waals surface area contributed by atoms with Gasteiger partial charge in [-0.3, -0.25) is 9.69 Å². The summed E-state index contributed by atoms with van der Waals surface area (Å²) in [6.45, 7) is 5.19. The second-order valence-electron chi connectivity index (χ2n) is 6.12. The zero-order valence-electron chi connectivity index (χ0n) is 13.1. The van der Waals surface area contributed by atoms with Crippen molar-refractivity contribution in [3.05, 3.63) is 11.6 Å². The topological polar surface area (TPSA) is 82.6 Å². The minimum atomic E-state index is -2.96. The number of nitrogens with one attached hydrogen (secondary N) is 1. The summed E-state index contributed by atoms with van der Waals surface area (Å²) in [6.07, 6.45) is 2.33. The molecule has 0 radical (unpaired) electrons. The lowest BCUT2D eigenvalue weighted by Crippen LogP contribution is -2.55. The van der Waals surface area contributed by atoms with E-state index in [4.69, 9.17) is 0 Å². The van der Waals surface area contributed by atoms with Crippen LogP contribution >= 0.6 is 11.3 Å². The maximum Gasteiger partial charge on any atom is 0.237 e. The Hall–Kier alpha value is -1.19. The van der Waals surface area contributed by atoms with Crippen LogP contribution in [0.1, 0.15) is 13.3 Å². The quantitative estimate of drug-likeness (QED) is 0.813. The van der Waals surface area contributed by atoms with Gasteiger partial charge in [-0.2, -0.15) is 0 Å². The van der Waals surface area contributed by atoms with Gasteiger partial charge in [0.25, 0.3) is 0 Å². The van der Waals surface area contributed by atoms with E-state index < -0.39 is 9.84 Å². The number of anilines is 1. The van der Waals surface area contributed by atoms with Gasteiger partial charge in [0.1, 0.15) is 0 Å². The largest absolute Gasteiger partial charge is 0.351 e. The molecule has 0 spiro atoms. The van der Waals surface area contributed by atoms with Crippen LogP contribution in [0.2, 0.25) is 0 Å². The van der Waals surface area contributed by atoms with Crippen LogP contribution in [-0.2, 0) is 14.6 Å². The van der Waals surface area contributed by atoms with E-state index >= 15 is 0 Å². The van der Waals surface area contributed by atoms with Crippen LogP contribution in [0.15, 0.2) is 11.6 Å². The summed E-state index contributed by atoms with van der Waals surface area (Å²) in [6, 6.07) is -0.469. The molecule has 3 rings (SSSR count). The SMILES string of the molecule is C[C@@H](C(=O)N[C@@H]1CCS(=O)(=O)C1)N1CCN(c2nccs2)CC1. The Balaban J connectivity index is 1.49. The summed E-state index contributed by atoms with van der Waals surface area (Å²) in [5.74, 6) is 0.178. The maximum absolute atomic E-state index is 12.3. The lowest BCUT2D eigenvalue weighted by atomic mass is 10.2. The Morgan fingerprint density at radius 1 is 1.39 bits per heavy atom. The Morgan fingerprint density at radius 2 is 2.13 bits per heavy atom. The molecule has 2 aliphatic rings. The van der Waals surface area contributed by atoms with Gasteiger partial charge in [0.05, 0.1) is 17.5 Å². The number of sulfone groups is 1. The fourth-order valence-electron chi connectivity index (χ4n) is 3.07. The van der Waals surface area contributed by atoms with Crippen molar-refractivity contribution in [2.24, 2.45) is 0 Å². The van der Waals surface area contributed by atoms with Gasteiger partial charge in [-0.1, -0.05) is 0 Å². The molecule has 7 nitrogen and oxygen atoms in total. The molecule has 2 atom stereocenters. The normalized spacial score (nSPS) is 26.1. The van der Waals surface area contributed by atoms with Crippen LogP contribution in [-0.4, -0.2) is 74.0 Å². The Labute approximate surface area is 140 Å². The number of amides is 1. The summed E-state index contributed by atoms with van der Waals surface area (Å²) in [5, 5.41) is 5.88. The Morgan fingerprint density at radius 3 is 2.70 bits per heavy atom. The standard InChI is InChI=1S/C14H22N4O3S2/c1-11(13(19)16-12-2-9-23(20,21)10-12)17-4-6-18(7-5-17)14-15-3-8-22-14/h3,8,11-12H,2,4-7,9-10H2,1H3,(H,16,19)/t11-,12+/m0/s1. The minimum Gasteiger partial charge on any atom is -0.351 e. The molecule has 3 heterocycles. The number of thiazole rings is 1. The summed E-state index contributed by atoms with van der Waals surface area (Å²) in [4.78, 5) is 21.0. The van der Waals surface area contributed by atoms with Gasteiger partial charge >= 0.3 is 0 Å². The molecule has 0 unspecified atom stereocenters. The van der Waals surface area contributed by atoms with Gasteiger partial charge < -0.3 is 10.2 Å². The number of nitrogens with zero attached hydrogens (tertiary/aromatic N) is 3. The van der Waals surface area contributed by atoms with Crippen molar-refractivity contribution in [1.29, 1.82) is 0 Å². The lowest BCUT2D eigenvalue weighted by Gasteiger charge is -2.37. The van der Waals surface area contributed by atoms with E-state index in [1.807, 2.05) is 12.3 Å². The molecule has 23 heavy (non-hydrogen) atoms. The van der Waals surface area contributed by atoms with Gasteiger partial charge in [0.15, 0.2) is 15.0 Å². The number of piperazine rings is 1. The molecule has 1 amide bonds. The highest BCUT2D eigenvalue weighted by Crippen LogP contribution is 2.19. The number of aromatic nitrogens is 1. The second-order valence-corrected chi connectivity index (χ2v) is 9.22. The molecule has 0 aliphatic carbocycles. The summed E-state index contributed by atoms with van der Waals surface area (Å²) >= 11 is 1.63. The Kier molecular flexibility index (Phi) is 4.88. The number of carbonyl (C=O) groups is 1. The zero-order chi connectivity index (χ0) is 16.4. The van der Waals surface area contributed by atoms with E-state index in [1.54, 1.807) is 17.5 Å².